The van der Waals surface area contributed by atoms with E-state index >= 15 is 0 Å². The molecule has 0 radical (unpaired) electrons. The fourth-order valence-corrected chi connectivity index (χ4v) is 17.4. The summed E-state index contributed by atoms with van der Waals surface area (Å²) < 4.78 is 0. The number of halogens is 3. The van der Waals surface area contributed by atoms with Crippen molar-refractivity contribution in [1.29, 1.82) is 0 Å². The van der Waals surface area contributed by atoms with Crippen molar-refractivity contribution in [1.82, 2.24) is 0 Å². The van der Waals surface area contributed by atoms with E-state index in [0.29, 0.717) is 0 Å². The van der Waals surface area contributed by atoms with Crippen molar-refractivity contribution in [2.45, 2.75) is 44.6 Å². The van der Waals surface area contributed by atoms with Crippen LogP contribution in [0.25, 0.3) is 0 Å². The number of hydrogen-bond donors (Lipinski definition) is 0. The van der Waals surface area contributed by atoms with Crippen LogP contribution in [0.4, 0.5) is 0 Å². The van der Waals surface area contributed by atoms with Crippen LogP contribution in [0.2, 0.25) is 24.8 Å². The lowest BCUT2D eigenvalue weighted by Crippen LogP contribution is -2.33. The maximum Gasteiger partial charge on any atom is 0.339 e. The lowest BCUT2D eigenvalue weighted by molar-refractivity contribution is 0.867. The zero-order chi connectivity index (χ0) is 9.83. The van der Waals surface area contributed by atoms with Gasteiger partial charge in [0.15, 0.2) is 0 Å². The average molecular weight is 264 g/mol. The second-order valence-corrected chi connectivity index (χ2v) is 19.1. The van der Waals surface area contributed by atoms with Crippen LogP contribution in [0.5, 0.6) is 0 Å². The maximum atomic E-state index is 5.90. The van der Waals surface area contributed by atoms with E-state index in [1.54, 1.807) is 0 Å². The molecule has 0 bridgehead atoms. The molecule has 0 nitrogen and oxygen atoms in total. The highest BCUT2D eigenvalue weighted by molar-refractivity contribution is 7.66. The van der Waals surface area contributed by atoms with E-state index in [1.807, 2.05) is 0 Å². The fraction of sp³-hybridized carbons (Fsp3) is 1.00. The first-order valence-electron chi connectivity index (χ1n) is 4.33. The van der Waals surface area contributed by atoms with Crippen molar-refractivity contribution < 1.29 is 0 Å². The minimum absolute atomic E-state index is 0.907. The van der Waals surface area contributed by atoms with Crippen molar-refractivity contribution in [2.24, 2.45) is 0 Å². The Morgan fingerprint density at radius 3 is 1.92 bits per heavy atom. The Morgan fingerprint density at radius 2 is 1.58 bits per heavy atom. The largest absolute Gasteiger partial charge is 0.339 e. The van der Waals surface area contributed by atoms with Gasteiger partial charge >= 0.3 is 6.00 Å². The summed E-state index contributed by atoms with van der Waals surface area (Å²) >= 11 is 17.7. The van der Waals surface area contributed by atoms with Gasteiger partial charge in [-0.1, -0.05) is 38.9 Å². The molecule has 0 N–H and O–H groups in total. The van der Waals surface area contributed by atoms with Crippen LogP contribution in [0.3, 0.4) is 0 Å². The molecular weight excluding hydrogens is 247 g/mol. The minimum Gasteiger partial charge on any atom is -0.126 e. The molecule has 0 spiro atoms. The van der Waals surface area contributed by atoms with Gasteiger partial charge in [-0.05, 0) is 5.67 Å². The standard InChI is InChI=1S/C7H17Cl3Si2/c1-4-5-6-11(2,3)7-12(8,9)10/h4-7H2,1-3H3. The zero-order valence-electron chi connectivity index (χ0n) is 7.96. The molecule has 0 aliphatic heterocycles. The molecule has 0 saturated carbocycles. The van der Waals surface area contributed by atoms with Crippen molar-refractivity contribution in [2.75, 3.05) is 0 Å². The Kier molecular flexibility index (Phi) is 5.82. The Bertz CT molecular complexity index is 131. The molecule has 0 aromatic carbocycles. The van der Waals surface area contributed by atoms with E-state index in [0.717, 1.165) is 5.67 Å². The topological polar surface area (TPSA) is 0 Å². The zero-order valence-corrected chi connectivity index (χ0v) is 12.2. The molecule has 0 heterocycles. The van der Waals surface area contributed by atoms with E-state index in [-0.39, 0.29) is 0 Å². The van der Waals surface area contributed by atoms with Crippen LogP contribution in [-0.2, 0) is 0 Å². The molecule has 74 valence electrons. The van der Waals surface area contributed by atoms with Crippen LogP contribution >= 0.6 is 33.2 Å². The highest BCUT2D eigenvalue weighted by Crippen LogP contribution is 2.32. The van der Waals surface area contributed by atoms with E-state index in [1.165, 1.54) is 18.9 Å². The van der Waals surface area contributed by atoms with Crippen molar-refractivity contribution in [3.05, 3.63) is 0 Å². The third kappa shape index (κ3) is 7.93. The fourth-order valence-electron chi connectivity index (χ4n) is 1.29. The maximum absolute atomic E-state index is 5.90. The molecule has 0 saturated heterocycles. The normalized spacial score (nSPS) is 13.5. The van der Waals surface area contributed by atoms with Gasteiger partial charge < -0.3 is 0 Å². The van der Waals surface area contributed by atoms with Gasteiger partial charge in [0.25, 0.3) is 0 Å². The monoisotopic (exact) mass is 262 g/mol. The molecular formula is C7H17Cl3Si2. The molecule has 0 atom stereocenters. The van der Waals surface area contributed by atoms with Gasteiger partial charge in [-0.25, -0.2) is 0 Å². The van der Waals surface area contributed by atoms with Gasteiger partial charge in [0, 0.05) is 8.07 Å². The van der Waals surface area contributed by atoms with Crippen LogP contribution in [0.1, 0.15) is 19.8 Å². The molecule has 0 aliphatic carbocycles. The van der Waals surface area contributed by atoms with Crippen molar-refractivity contribution in [3.8, 4) is 0 Å². The second kappa shape index (κ2) is 5.25. The highest BCUT2D eigenvalue weighted by atomic mass is 35.8. The predicted molar refractivity (Wildman–Crippen MR) is 65.3 cm³/mol. The van der Waals surface area contributed by atoms with Crippen molar-refractivity contribution in [3.63, 3.8) is 0 Å². The van der Waals surface area contributed by atoms with Crippen LogP contribution in [0.15, 0.2) is 0 Å². The third-order valence-corrected chi connectivity index (χ3v) is 12.6. The molecule has 0 fully saturated rings. The summed E-state index contributed by atoms with van der Waals surface area (Å²) in [6, 6.07) is -1.07. The predicted octanol–water partition coefficient (Wildman–Crippen LogP) is 4.69. The molecule has 0 aromatic rings. The molecule has 0 rings (SSSR count). The third-order valence-electron chi connectivity index (χ3n) is 1.89. The van der Waals surface area contributed by atoms with Crippen LogP contribution in [-0.4, -0.2) is 14.1 Å². The molecule has 0 unspecified atom stereocenters. The van der Waals surface area contributed by atoms with Gasteiger partial charge in [-0.15, -0.1) is 33.2 Å². The van der Waals surface area contributed by atoms with Crippen LogP contribution < -0.4 is 0 Å². The second-order valence-electron chi connectivity index (χ2n) is 4.06. The van der Waals surface area contributed by atoms with Gasteiger partial charge in [0.2, 0.25) is 0 Å². The van der Waals surface area contributed by atoms with Gasteiger partial charge in [-0.2, -0.15) is 0 Å². The first-order valence-corrected chi connectivity index (χ1v) is 13.0. The summed E-state index contributed by atoms with van der Waals surface area (Å²) in [5.74, 6) is 0. The summed E-state index contributed by atoms with van der Waals surface area (Å²) in [7, 11) is -1.19. The van der Waals surface area contributed by atoms with Gasteiger partial charge in [0.05, 0.1) is 0 Å². The van der Waals surface area contributed by atoms with E-state index in [4.69, 9.17) is 33.2 Å². The molecule has 0 amide bonds. The average Bonchev–Trinajstić information content (AvgIpc) is 1.78. The lowest BCUT2D eigenvalue weighted by Gasteiger charge is -2.24. The summed E-state index contributed by atoms with van der Waals surface area (Å²) in [5.41, 5.74) is 0.907. The molecule has 12 heavy (non-hydrogen) atoms. The molecule has 0 aromatic heterocycles. The van der Waals surface area contributed by atoms with Gasteiger partial charge in [0.1, 0.15) is 0 Å². The quantitative estimate of drug-likeness (QED) is 0.499. The smallest absolute Gasteiger partial charge is 0.126 e. The van der Waals surface area contributed by atoms with E-state index < -0.39 is 14.1 Å². The first-order chi connectivity index (χ1) is 5.27. The van der Waals surface area contributed by atoms with E-state index in [9.17, 15) is 0 Å². The molecule has 0 aliphatic rings. The first kappa shape index (κ1) is 13.3. The Balaban J connectivity index is 3.86. The van der Waals surface area contributed by atoms with E-state index in [2.05, 4.69) is 20.0 Å². The van der Waals surface area contributed by atoms with Crippen molar-refractivity contribution >= 4 is 47.3 Å². The summed E-state index contributed by atoms with van der Waals surface area (Å²) in [6.07, 6.45) is 2.53. The van der Waals surface area contributed by atoms with Gasteiger partial charge in [-0.3, -0.25) is 0 Å². The summed E-state index contributed by atoms with van der Waals surface area (Å²) in [4.78, 5) is 0. The highest BCUT2D eigenvalue weighted by Gasteiger charge is 2.34. The number of unbranched alkanes of at least 4 members (excludes halogenated alkanes) is 1. The number of hydrogen-bond acceptors (Lipinski definition) is 0. The molecule has 5 heteroatoms. The Hall–Kier alpha value is 1.30. The Labute approximate surface area is 91.7 Å². The summed E-state index contributed by atoms with van der Waals surface area (Å²) in [6.45, 7) is 6.84. The SMILES string of the molecule is CCCC[Si](C)(C)C[Si](Cl)(Cl)Cl. The number of rotatable bonds is 5. The van der Waals surface area contributed by atoms with Crippen LogP contribution in [0, 0.1) is 0 Å². The Morgan fingerprint density at radius 1 is 1.08 bits per heavy atom. The lowest BCUT2D eigenvalue weighted by atomic mass is 10.4. The summed E-state index contributed by atoms with van der Waals surface area (Å²) in [5, 5.41) is 0. The minimum atomic E-state index is -2.36.